The summed E-state index contributed by atoms with van der Waals surface area (Å²) in [4.78, 5) is 12.6. The number of hydrogen-bond donors (Lipinski definition) is 1. The van der Waals surface area contributed by atoms with Gasteiger partial charge in [-0.3, -0.25) is 4.79 Å². The Bertz CT molecular complexity index is 1020. The normalized spacial score (nSPS) is 15.6. The maximum Gasteiger partial charge on any atom is 0.266 e. The Morgan fingerprint density at radius 3 is 2.43 bits per heavy atom. The van der Waals surface area contributed by atoms with Crippen LogP contribution < -0.4 is 5.32 Å². The molecule has 0 atom stereocenters. The summed E-state index contributed by atoms with van der Waals surface area (Å²) in [6.45, 7) is 1.02. The summed E-state index contributed by atoms with van der Waals surface area (Å²) < 4.78 is 27.1. The molecule has 0 bridgehead atoms. The summed E-state index contributed by atoms with van der Waals surface area (Å²) in [6.07, 6.45) is 4.23. The number of sulfonamides is 1. The first-order valence-electron chi connectivity index (χ1n) is 9.09. The lowest BCUT2D eigenvalue weighted by atomic mass is 10.1. The Morgan fingerprint density at radius 2 is 1.75 bits per heavy atom. The molecule has 0 aliphatic carbocycles. The Hall–Kier alpha value is -2.95. The van der Waals surface area contributed by atoms with Gasteiger partial charge in [0.2, 0.25) is 10.0 Å². The summed E-state index contributed by atoms with van der Waals surface area (Å²) in [5.41, 5.74) is 1.00. The number of carbonyl (C=O) groups excluding carboxylic acids is 1. The predicted molar refractivity (Wildman–Crippen MR) is 108 cm³/mol. The molecule has 0 radical (unpaired) electrons. The van der Waals surface area contributed by atoms with E-state index in [0.29, 0.717) is 18.8 Å². The zero-order chi connectivity index (χ0) is 20.0. The first kappa shape index (κ1) is 19.8. The Labute approximate surface area is 165 Å². The molecule has 1 aliphatic rings. The average Bonchev–Trinajstić information content (AvgIpc) is 2.73. The largest absolute Gasteiger partial charge is 0.321 e. The molecule has 0 aromatic heterocycles. The van der Waals surface area contributed by atoms with E-state index in [1.165, 1.54) is 22.5 Å². The average molecular weight is 395 g/mol. The molecule has 1 amide bonds. The third kappa shape index (κ3) is 4.66. The third-order valence-electron chi connectivity index (χ3n) is 4.52. The fraction of sp³-hybridized carbons (Fsp3) is 0.238. The number of amides is 1. The molecule has 144 valence electrons. The quantitative estimate of drug-likeness (QED) is 0.620. The number of benzene rings is 2. The van der Waals surface area contributed by atoms with Gasteiger partial charge in [-0.2, -0.15) is 9.57 Å². The molecule has 3 rings (SSSR count). The highest BCUT2D eigenvalue weighted by Gasteiger charge is 2.26. The predicted octanol–water partition coefficient (Wildman–Crippen LogP) is 3.41. The number of piperidine rings is 1. The van der Waals surface area contributed by atoms with E-state index < -0.39 is 15.9 Å². The van der Waals surface area contributed by atoms with E-state index in [-0.39, 0.29) is 10.5 Å². The fourth-order valence-electron chi connectivity index (χ4n) is 3.05. The van der Waals surface area contributed by atoms with Crippen LogP contribution in [0.25, 0.3) is 6.08 Å². The van der Waals surface area contributed by atoms with Crippen molar-refractivity contribution in [2.45, 2.75) is 24.2 Å². The number of rotatable bonds is 5. The SMILES string of the molecule is N#C/C(=C/c1ccccc1)C(=O)Nc1cccc(S(=O)(=O)N2CCCCC2)c1. The number of hydrogen-bond acceptors (Lipinski definition) is 4. The number of nitrogens with one attached hydrogen (secondary N) is 1. The van der Waals surface area contributed by atoms with Crippen LogP contribution in [-0.4, -0.2) is 31.7 Å². The van der Waals surface area contributed by atoms with Gasteiger partial charge in [0.15, 0.2) is 0 Å². The summed E-state index contributed by atoms with van der Waals surface area (Å²) in [7, 11) is -3.59. The van der Waals surface area contributed by atoms with Gasteiger partial charge in [-0.05, 0) is 42.7 Å². The molecular weight excluding hydrogens is 374 g/mol. The summed E-state index contributed by atoms with van der Waals surface area (Å²) in [5, 5.41) is 11.9. The standard InChI is InChI=1S/C21H21N3O3S/c22-16-18(14-17-8-3-1-4-9-17)21(25)23-19-10-7-11-20(15-19)28(26,27)24-12-5-2-6-13-24/h1,3-4,7-11,14-15H,2,5-6,12-13H2,(H,23,25)/b18-14-. The first-order valence-corrected chi connectivity index (χ1v) is 10.5. The zero-order valence-corrected chi connectivity index (χ0v) is 16.2. The van der Waals surface area contributed by atoms with Gasteiger partial charge in [0, 0.05) is 18.8 Å². The van der Waals surface area contributed by atoms with Gasteiger partial charge in [-0.25, -0.2) is 8.42 Å². The van der Waals surface area contributed by atoms with Crippen LogP contribution in [0.15, 0.2) is 65.1 Å². The van der Waals surface area contributed by atoms with Crippen molar-refractivity contribution in [2.24, 2.45) is 0 Å². The second-order valence-corrected chi connectivity index (χ2v) is 8.47. The van der Waals surface area contributed by atoms with Crippen LogP contribution in [0.1, 0.15) is 24.8 Å². The second-order valence-electron chi connectivity index (χ2n) is 6.53. The minimum atomic E-state index is -3.59. The van der Waals surface area contributed by atoms with Crippen LogP contribution >= 0.6 is 0 Å². The van der Waals surface area contributed by atoms with Crippen LogP contribution in [0.2, 0.25) is 0 Å². The van der Waals surface area contributed by atoms with Crippen LogP contribution in [0.4, 0.5) is 5.69 Å². The summed E-state index contributed by atoms with van der Waals surface area (Å²) >= 11 is 0. The molecule has 0 saturated carbocycles. The Morgan fingerprint density at radius 1 is 1.04 bits per heavy atom. The number of anilines is 1. The van der Waals surface area contributed by atoms with Crippen molar-refractivity contribution >= 4 is 27.7 Å². The zero-order valence-electron chi connectivity index (χ0n) is 15.3. The molecule has 0 spiro atoms. The Balaban J connectivity index is 1.79. The monoisotopic (exact) mass is 395 g/mol. The molecule has 7 heteroatoms. The van der Waals surface area contributed by atoms with E-state index in [1.807, 2.05) is 24.3 Å². The van der Waals surface area contributed by atoms with Gasteiger partial charge in [-0.1, -0.05) is 42.8 Å². The lowest BCUT2D eigenvalue weighted by molar-refractivity contribution is -0.112. The molecule has 0 unspecified atom stereocenters. The van der Waals surface area contributed by atoms with Crippen molar-refractivity contribution in [1.82, 2.24) is 4.31 Å². The third-order valence-corrected chi connectivity index (χ3v) is 6.42. The minimum Gasteiger partial charge on any atom is -0.321 e. The Kier molecular flexibility index (Phi) is 6.24. The summed E-state index contributed by atoms with van der Waals surface area (Å²) in [6, 6.07) is 17.1. The molecule has 2 aromatic carbocycles. The van der Waals surface area contributed by atoms with Gasteiger partial charge in [-0.15, -0.1) is 0 Å². The van der Waals surface area contributed by atoms with Crippen molar-refractivity contribution in [3.63, 3.8) is 0 Å². The minimum absolute atomic E-state index is 0.0597. The highest BCUT2D eigenvalue weighted by atomic mass is 32.2. The van der Waals surface area contributed by atoms with Crippen molar-refractivity contribution in [3.05, 3.63) is 65.7 Å². The molecule has 2 aromatic rings. The van der Waals surface area contributed by atoms with Crippen molar-refractivity contribution < 1.29 is 13.2 Å². The van der Waals surface area contributed by atoms with Crippen LogP contribution in [0.5, 0.6) is 0 Å². The summed E-state index contributed by atoms with van der Waals surface area (Å²) in [5.74, 6) is -0.584. The van der Waals surface area contributed by atoms with Crippen LogP contribution in [-0.2, 0) is 14.8 Å². The van der Waals surface area contributed by atoms with Gasteiger partial charge < -0.3 is 5.32 Å². The lowest BCUT2D eigenvalue weighted by Gasteiger charge is -2.26. The second kappa shape index (κ2) is 8.83. The van der Waals surface area contributed by atoms with Crippen molar-refractivity contribution in [2.75, 3.05) is 18.4 Å². The van der Waals surface area contributed by atoms with Gasteiger partial charge >= 0.3 is 0 Å². The first-order chi connectivity index (χ1) is 13.5. The van der Waals surface area contributed by atoms with E-state index >= 15 is 0 Å². The molecule has 1 saturated heterocycles. The molecule has 1 N–H and O–H groups in total. The topological polar surface area (TPSA) is 90.3 Å². The van der Waals surface area contributed by atoms with E-state index in [4.69, 9.17) is 0 Å². The number of nitrogens with zero attached hydrogens (tertiary/aromatic N) is 2. The molecule has 28 heavy (non-hydrogen) atoms. The maximum absolute atomic E-state index is 12.8. The fourth-order valence-corrected chi connectivity index (χ4v) is 4.62. The van der Waals surface area contributed by atoms with Gasteiger partial charge in [0.05, 0.1) is 4.90 Å². The van der Waals surface area contributed by atoms with E-state index in [9.17, 15) is 18.5 Å². The molecule has 1 fully saturated rings. The lowest BCUT2D eigenvalue weighted by Crippen LogP contribution is -2.35. The number of nitriles is 1. The highest BCUT2D eigenvalue weighted by Crippen LogP contribution is 2.23. The van der Waals surface area contributed by atoms with Crippen LogP contribution in [0.3, 0.4) is 0 Å². The number of carbonyl (C=O) groups is 1. The molecular formula is C21H21N3O3S. The van der Waals surface area contributed by atoms with Crippen molar-refractivity contribution in [1.29, 1.82) is 5.26 Å². The van der Waals surface area contributed by atoms with Gasteiger partial charge in [0.1, 0.15) is 11.6 Å². The van der Waals surface area contributed by atoms with E-state index in [1.54, 1.807) is 24.3 Å². The maximum atomic E-state index is 12.8. The van der Waals surface area contributed by atoms with Crippen molar-refractivity contribution in [3.8, 4) is 6.07 Å². The molecule has 6 nitrogen and oxygen atoms in total. The van der Waals surface area contributed by atoms with E-state index in [0.717, 1.165) is 24.8 Å². The van der Waals surface area contributed by atoms with Crippen LogP contribution in [0, 0.1) is 11.3 Å². The molecule has 1 heterocycles. The molecule has 1 aliphatic heterocycles. The van der Waals surface area contributed by atoms with Gasteiger partial charge in [0.25, 0.3) is 5.91 Å². The smallest absolute Gasteiger partial charge is 0.266 e. The van der Waals surface area contributed by atoms with E-state index in [2.05, 4.69) is 5.32 Å². The highest BCUT2D eigenvalue weighted by molar-refractivity contribution is 7.89.